The summed E-state index contributed by atoms with van der Waals surface area (Å²) in [5, 5.41) is 0. The van der Waals surface area contributed by atoms with E-state index in [-0.39, 0.29) is 12.0 Å². The van der Waals surface area contributed by atoms with Gasteiger partial charge in [0.15, 0.2) is 0 Å². The molecule has 4 nitrogen and oxygen atoms in total. The highest BCUT2D eigenvalue weighted by Gasteiger charge is 2.13. The maximum absolute atomic E-state index is 11.5. The number of oxazole rings is 1. The summed E-state index contributed by atoms with van der Waals surface area (Å²) < 4.78 is 11.3. The van der Waals surface area contributed by atoms with Crippen LogP contribution < -0.4 is 10.5 Å². The molecule has 1 heterocycles. The van der Waals surface area contributed by atoms with Crippen molar-refractivity contribution in [3.63, 3.8) is 0 Å². The van der Waals surface area contributed by atoms with Crippen LogP contribution in [0.15, 0.2) is 45.7 Å². The maximum atomic E-state index is 11.5. The van der Waals surface area contributed by atoms with E-state index in [0.717, 1.165) is 5.56 Å². The number of ether oxygens (including phenoxy) is 1. The van der Waals surface area contributed by atoms with E-state index in [2.05, 4.69) is 0 Å². The zero-order valence-electron chi connectivity index (χ0n) is 9.21. The first-order valence-corrected chi connectivity index (χ1v) is 5.03. The van der Waals surface area contributed by atoms with Crippen LogP contribution in [0, 0.1) is 0 Å². The molecule has 4 heteroatoms. The molecule has 0 fully saturated rings. The third-order valence-corrected chi connectivity index (χ3v) is 2.54. The second-order valence-electron chi connectivity index (χ2n) is 3.51. The van der Waals surface area contributed by atoms with Crippen LogP contribution in [0.1, 0.15) is 18.5 Å². The highest BCUT2D eigenvalue weighted by molar-refractivity contribution is 5.19. The summed E-state index contributed by atoms with van der Waals surface area (Å²) in [5.74, 6) is -0.180. The zero-order valence-corrected chi connectivity index (χ0v) is 9.21. The van der Waals surface area contributed by atoms with Gasteiger partial charge in [0.2, 0.25) is 0 Å². The monoisotopic (exact) mass is 219 g/mol. The number of aromatic nitrogens is 1. The van der Waals surface area contributed by atoms with E-state index in [1.807, 2.05) is 37.3 Å². The first kappa shape index (κ1) is 10.5. The highest BCUT2D eigenvalue weighted by atomic mass is 16.6. The maximum Gasteiger partial charge on any atom is 0.422 e. The van der Waals surface area contributed by atoms with Crippen LogP contribution in [0.5, 0.6) is 5.95 Å². The molecule has 16 heavy (non-hydrogen) atoms. The predicted molar refractivity (Wildman–Crippen MR) is 59.8 cm³/mol. The van der Waals surface area contributed by atoms with E-state index in [9.17, 15) is 4.79 Å². The van der Waals surface area contributed by atoms with Gasteiger partial charge in [-0.3, -0.25) is 4.57 Å². The van der Waals surface area contributed by atoms with E-state index < -0.39 is 5.76 Å². The summed E-state index contributed by atoms with van der Waals surface area (Å²) in [6.07, 6.45) is 1.57. The molecule has 0 saturated carbocycles. The third kappa shape index (κ3) is 1.86. The number of benzene rings is 1. The van der Waals surface area contributed by atoms with Gasteiger partial charge in [-0.1, -0.05) is 30.3 Å². The average molecular weight is 219 g/mol. The fourth-order valence-corrected chi connectivity index (χ4v) is 1.59. The van der Waals surface area contributed by atoms with Crippen LogP contribution in [-0.4, -0.2) is 11.7 Å². The normalized spacial score (nSPS) is 12.4. The van der Waals surface area contributed by atoms with E-state index >= 15 is 0 Å². The van der Waals surface area contributed by atoms with Crippen LogP contribution in [0.2, 0.25) is 0 Å². The zero-order chi connectivity index (χ0) is 11.5. The molecular weight excluding hydrogens is 206 g/mol. The van der Waals surface area contributed by atoms with Crippen molar-refractivity contribution in [1.82, 2.24) is 4.57 Å². The Morgan fingerprint density at radius 1 is 1.31 bits per heavy atom. The van der Waals surface area contributed by atoms with Gasteiger partial charge in [-0.2, -0.15) is 0 Å². The van der Waals surface area contributed by atoms with Crippen LogP contribution in [0.4, 0.5) is 0 Å². The number of methoxy groups -OCH3 is 1. The summed E-state index contributed by atoms with van der Waals surface area (Å²) in [6.45, 7) is 1.94. The van der Waals surface area contributed by atoms with Crippen LogP contribution in [-0.2, 0) is 0 Å². The molecule has 0 unspecified atom stereocenters. The van der Waals surface area contributed by atoms with Gasteiger partial charge in [-0.25, -0.2) is 4.79 Å². The van der Waals surface area contributed by atoms with Gasteiger partial charge in [-0.05, 0) is 12.5 Å². The molecule has 0 spiro atoms. The van der Waals surface area contributed by atoms with Crippen LogP contribution in [0.3, 0.4) is 0 Å². The molecular formula is C12H13NO3. The van der Waals surface area contributed by atoms with Gasteiger partial charge in [0.25, 0.3) is 0 Å². The Kier molecular flexibility index (Phi) is 2.81. The lowest BCUT2D eigenvalue weighted by Crippen LogP contribution is -2.18. The van der Waals surface area contributed by atoms with Crippen molar-refractivity contribution in [2.45, 2.75) is 13.0 Å². The third-order valence-electron chi connectivity index (χ3n) is 2.54. The second kappa shape index (κ2) is 4.26. The Morgan fingerprint density at radius 2 is 2.00 bits per heavy atom. The molecule has 1 aromatic heterocycles. The predicted octanol–water partition coefficient (Wildman–Crippen LogP) is 2.06. The highest BCUT2D eigenvalue weighted by Crippen LogP contribution is 2.18. The van der Waals surface area contributed by atoms with Crippen molar-refractivity contribution in [1.29, 1.82) is 0 Å². The molecule has 1 atom stereocenters. The Morgan fingerprint density at radius 3 is 2.56 bits per heavy atom. The standard InChI is InChI=1S/C12H13NO3/c1-9(10-6-4-3-5-7-10)13-8-11(15-2)16-12(13)14/h3-9H,1-2H3/t9-/m0/s1. The minimum Gasteiger partial charge on any atom is -0.467 e. The summed E-state index contributed by atoms with van der Waals surface area (Å²) >= 11 is 0. The number of hydrogen-bond donors (Lipinski definition) is 0. The van der Waals surface area contributed by atoms with Crippen molar-refractivity contribution in [3.05, 3.63) is 52.6 Å². The van der Waals surface area contributed by atoms with Gasteiger partial charge in [0, 0.05) is 0 Å². The van der Waals surface area contributed by atoms with Crippen LogP contribution >= 0.6 is 0 Å². The number of rotatable bonds is 3. The van der Waals surface area contributed by atoms with Crippen molar-refractivity contribution in [2.24, 2.45) is 0 Å². The largest absolute Gasteiger partial charge is 0.467 e. The molecule has 2 aromatic rings. The second-order valence-corrected chi connectivity index (χ2v) is 3.51. The summed E-state index contributed by atoms with van der Waals surface area (Å²) in [4.78, 5) is 11.5. The summed E-state index contributed by atoms with van der Waals surface area (Å²) in [6, 6.07) is 9.69. The van der Waals surface area contributed by atoms with Crippen molar-refractivity contribution in [2.75, 3.05) is 7.11 Å². The van der Waals surface area contributed by atoms with Crippen molar-refractivity contribution < 1.29 is 9.15 Å². The Balaban J connectivity index is 2.37. The van der Waals surface area contributed by atoms with Gasteiger partial charge < -0.3 is 9.15 Å². The van der Waals surface area contributed by atoms with Gasteiger partial charge in [0.1, 0.15) is 0 Å². The number of nitrogens with zero attached hydrogens (tertiary/aromatic N) is 1. The Hall–Kier alpha value is -1.97. The number of hydrogen-bond acceptors (Lipinski definition) is 3. The quantitative estimate of drug-likeness (QED) is 0.793. The molecule has 0 amide bonds. The Labute approximate surface area is 93.1 Å². The molecule has 0 aliphatic heterocycles. The fourth-order valence-electron chi connectivity index (χ4n) is 1.59. The lowest BCUT2D eigenvalue weighted by atomic mass is 10.1. The van der Waals surface area contributed by atoms with E-state index in [4.69, 9.17) is 9.15 Å². The Bertz CT molecular complexity index is 513. The molecule has 2 rings (SSSR count). The molecule has 84 valence electrons. The lowest BCUT2D eigenvalue weighted by molar-refractivity contribution is 0.292. The summed E-state index contributed by atoms with van der Waals surface area (Å²) in [5.41, 5.74) is 1.05. The van der Waals surface area contributed by atoms with Crippen LogP contribution in [0.25, 0.3) is 0 Å². The van der Waals surface area contributed by atoms with Gasteiger partial charge in [0.05, 0.1) is 19.3 Å². The van der Waals surface area contributed by atoms with E-state index in [1.54, 1.807) is 6.20 Å². The van der Waals surface area contributed by atoms with E-state index in [1.165, 1.54) is 11.7 Å². The minimum atomic E-state index is -0.409. The lowest BCUT2D eigenvalue weighted by Gasteiger charge is -2.10. The molecule has 0 saturated heterocycles. The van der Waals surface area contributed by atoms with Crippen molar-refractivity contribution in [3.8, 4) is 5.95 Å². The molecule has 0 radical (unpaired) electrons. The van der Waals surface area contributed by atoms with Crippen molar-refractivity contribution >= 4 is 0 Å². The topological polar surface area (TPSA) is 44.4 Å². The molecule has 0 N–H and O–H groups in total. The molecule has 0 bridgehead atoms. The average Bonchev–Trinajstić information content (AvgIpc) is 2.71. The SMILES string of the molecule is COc1cn([C@@H](C)c2ccccc2)c(=O)o1. The minimum absolute atomic E-state index is 0.0682. The molecule has 1 aromatic carbocycles. The molecule has 0 aliphatic rings. The van der Waals surface area contributed by atoms with Gasteiger partial charge in [-0.15, -0.1) is 0 Å². The van der Waals surface area contributed by atoms with Gasteiger partial charge >= 0.3 is 11.7 Å². The van der Waals surface area contributed by atoms with E-state index in [0.29, 0.717) is 0 Å². The summed E-state index contributed by atoms with van der Waals surface area (Å²) in [7, 11) is 1.47. The fraction of sp³-hybridized carbons (Fsp3) is 0.250. The first-order valence-electron chi connectivity index (χ1n) is 5.03. The molecule has 0 aliphatic carbocycles. The smallest absolute Gasteiger partial charge is 0.422 e. The first-order chi connectivity index (χ1) is 7.72.